The van der Waals surface area contributed by atoms with Gasteiger partial charge in [0.05, 0.1) is 0 Å². The van der Waals surface area contributed by atoms with Crippen LogP contribution in [-0.4, -0.2) is 13.6 Å². The summed E-state index contributed by atoms with van der Waals surface area (Å²) in [5.41, 5.74) is 5.19. The number of hydrogen-bond acceptors (Lipinski definition) is 2. The van der Waals surface area contributed by atoms with Gasteiger partial charge >= 0.3 is 0 Å². The third-order valence-electron chi connectivity index (χ3n) is 3.64. The Kier molecular flexibility index (Phi) is 5.83. The Bertz CT molecular complexity index is 578. The lowest BCUT2D eigenvalue weighted by Gasteiger charge is -2.24. The predicted octanol–water partition coefficient (Wildman–Crippen LogP) is 4.50. The van der Waals surface area contributed by atoms with Crippen molar-refractivity contribution in [1.82, 2.24) is 5.32 Å². The molecule has 2 aromatic rings. The van der Waals surface area contributed by atoms with Crippen LogP contribution in [-0.2, 0) is 13.1 Å². The molecule has 0 aliphatic rings. The number of nitrogens with zero attached hydrogens (tertiary/aromatic N) is 1. The Morgan fingerprint density at radius 2 is 1.81 bits per heavy atom. The van der Waals surface area contributed by atoms with Crippen molar-refractivity contribution in [2.24, 2.45) is 0 Å². The number of halogens is 1. The van der Waals surface area contributed by atoms with Crippen molar-refractivity contribution in [2.75, 3.05) is 18.5 Å². The Hall–Kier alpha value is -1.32. The number of benzene rings is 2. The van der Waals surface area contributed by atoms with E-state index in [4.69, 9.17) is 0 Å². The van der Waals surface area contributed by atoms with E-state index < -0.39 is 0 Å². The van der Waals surface area contributed by atoms with Crippen LogP contribution in [0.2, 0.25) is 0 Å². The second-order valence-corrected chi connectivity index (χ2v) is 6.16. The molecule has 112 valence electrons. The minimum atomic E-state index is 0.897. The van der Waals surface area contributed by atoms with Gasteiger partial charge in [0.2, 0.25) is 0 Å². The zero-order valence-electron chi connectivity index (χ0n) is 13.0. The standard InChI is InChI=1S/C18H23BrN2/c1-4-21(17-9-5-14(2)6-10-17)13-16-8-7-15(12-20-3)11-18(16)19/h5-11,20H,4,12-13H2,1-3H3. The zero-order valence-corrected chi connectivity index (χ0v) is 14.6. The van der Waals surface area contributed by atoms with Gasteiger partial charge in [0, 0.05) is 29.8 Å². The SMILES string of the molecule is CCN(Cc1ccc(CNC)cc1Br)c1ccc(C)cc1. The van der Waals surface area contributed by atoms with Gasteiger partial charge in [-0.05, 0) is 50.2 Å². The van der Waals surface area contributed by atoms with Crippen molar-refractivity contribution in [3.8, 4) is 0 Å². The van der Waals surface area contributed by atoms with Crippen LogP contribution in [0.1, 0.15) is 23.6 Å². The van der Waals surface area contributed by atoms with E-state index >= 15 is 0 Å². The molecule has 0 amide bonds. The highest BCUT2D eigenvalue weighted by Gasteiger charge is 2.08. The number of hydrogen-bond donors (Lipinski definition) is 1. The van der Waals surface area contributed by atoms with E-state index in [-0.39, 0.29) is 0 Å². The topological polar surface area (TPSA) is 15.3 Å². The molecule has 0 radical (unpaired) electrons. The summed E-state index contributed by atoms with van der Waals surface area (Å²) in [5.74, 6) is 0. The third kappa shape index (κ3) is 4.32. The van der Waals surface area contributed by atoms with E-state index in [0.29, 0.717) is 0 Å². The average molecular weight is 347 g/mol. The zero-order chi connectivity index (χ0) is 15.2. The molecule has 1 N–H and O–H groups in total. The second kappa shape index (κ2) is 7.62. The van der Waals surface area contributed by atoms with E-state index in [0.717, 1.165) is 19.6 Å². The molecular formula is C18H23BrN2. The lowest BCUT2D eigenvalue weighted by molar-refractivity contribution is 0.809. The van der Waals surface area contributed by atoms with Gasteiger partial charge in [-0.25, -0.2) is 0 Å². The molecule has 0 bridgehead atoms. The van der Waals surface area contributed by atoms with Gasteiger partial charge in [-0.3, -0.25) is 0 Å². The van der Waals surface area contributed by atoms with Gasteiger partial charge in [-0.2, -0.15) is 0 Å². The molecule has 0 unspecified atom stereocenters. The quantitative estimate of drug-likeness (QED) is 0.828. The van der Waals surface area contributed by atoms with Crippen molar-refractivity contribution >= 4 is 21.6 Å². The monoisotopic (exact) mass is 346 g/mol. The molecule has 3 heteroatoms. The molecule has 0 saturated carbocycles. The van der Waals surface area contributed by atoms with Crippen LogP contribution in [0.25, 0.3) is 0 Å². The summed E-state index contributed by atoms with van der Waals surface area (Å²) in [6.45, 7) is 7.13. The van der Waals surface area contributed by atoms with Crippen LogP contribution in [0.4, 0.5) is 5.69 Å². The molecule has 2 aromatic carbocycles. The maximum Gasteiger partial charge on any atom is 0.0440 e. The summed E-state index contributed by atoms with van der Waals surface area (Å²) in [7, 11) is 1.97. The van der Waals surface area contributed by atoms with Gasteiger partial charge in [-0.15, -0.1) is 0 Å². The summed E-state index contributed by atoms with van der Waals surface area (Å²) >= 11 is 3.70. The van der Waals surface area contributed by atoms with Crippen LogP contribution in [0.5, 0.6) is 0 Å². The predicted molar refractivity (Wildman–Crippen MR) is 94.8 cm³/mol. The van der Waals surface area contributed by atoms with Crippen LogP contribution in [0.3, 0.4) is 0 Å². The summed E-state index contributed by atoms with van der Waals surface area (Å²) in [6, 6.07) is 15.3. The molecule has 0 aliphatic heterocycles. The van der Waals surface area contributed by atoms with E-state index in [1.54, 1.807) is 0 Å². The second-order valence-electron chi connectivity index (χ2n) is 5.31. The molecule has 21 heavy (non-hydrogen) atoms. The van der Waals surface area contributed by atoms with Crippen LogP contribution < -0.4 is 10.2 Å². The highest BCUT2D eigenvalue weighted by atomic mass is 79.9. The van der Waals surface area contributed by atoms with Crippen LogP contribution in [0.15, 0.2) is 46.9 Å². The fourth-order valence-corrected chi connectivity index (χ4v) is 2.93. The lowest BCUT2D eigenvalue weighted by Crippen LogP contribution is -2.22. The molecule has 0 atom stereocenters. The molecule has 0 saturated heterocycles. The smallest absolute Gasteiger partial charge is 0.0440 e. The molecule has 0 heterocycles. The third-order valence-corrected chi connectivity index (χ3v) is 4.38. The molecule has 2 rings (SSSR count). The highest BCUT2D eigenvalue weighted by Crippen LogP contribution is 2.23. The number of anilines is 1. The van der Waals surface area contributed by atoms with Crippen molar-refractivity contribution in [3.63, 3.8) is 0 Å². The minimum Gasteiger partial charge on any atom is -0.367 e. The Morgan fingerprint density at radius 1 is 1.10 bits per heavy atom. The first-order valence-corrected chi connectivity index (χ1v) is 8.17. The Balaban J connectivity index is 2.16. The van der Waals surface area contributed by atoms with Crippen molar-refractivity contribution in [2.45, 2.75) is 26.9 Å². The number of aryl methyl sites for hydroxylation is 1. The number of nitrogens with one attached hydrogen (secondary N) is 1. The normalized spacial score (nSPS) is 10.7. The van der Waals surface area contributed by atoms with Crippen LogP contribution in [0, 0.1) is 6.92 Å². The van der Waals surface area contributed by atoms with Crippen molar-refractivity contribution in [1.29, 1.82) is 0 Å². The van der Waals surface area contributed by atoms with E-state index in [2.05, 4.69) is 82.5 Å². The average Bonchev–Trinajstić information content (AvgIpc) is 2.48. The maximum absolute atomic E-state index is 3.70. The summed E-state index contributed by atoms with van der Waals surface area (Å²) in [6.07, 6.45) is 0. The lowest BCUT2D eigenvalue weighted by atomic mass is 10.1. The first-order chi connectivity index (χ1) is 10.1. The summed E-state index contributed by atoms with van der Waals surface area (Å²) < 4.78 is 1.18. The fourth-order valence-electron chi connectivity index (χ4n) is 2.38. The molecule has 0 aliphatic carbocycles. The largest absolute Gasteiger partial charge is 0.367 e. The van der Waals surface area contributed by atoms with Crippen molar-refractivity contribution in [3.05, 3.63) is 63.6 Å². The molecule has 0 aromatic heterocycles. The first kappa shape index (κ1) is 16.1. The molecule has 0 spiro atoms. The van der Waals surface area contributed by atoms with E-state index in [1.807, 2.05) is 7.05 Å². The molecule has 2 nitrogen and oxygen atoms in total. The van der Waals surface area contributed by atoms with E-state index in [9.17, 15) is 0 Å². The summed E-state index contributed by atoms with van der Waals surface area (Å²) in [5, 5.41) is 3.18. The van der Waals surface area contributed by atoms with Gasteiger partial charge < -0.3 is 10.2 Å². The Morgan fingerprint density at radius 3 is 2.38 bits per heavy atom. The maximum atomic E-state index is 3.70. The first-order valence-electron chi connectivity index (χ1n) is 7.37. The molecular weight excluding hydrogens is 324 g/mol. The highest BCUT2D eigenvalue weighted by molar-refractivity contribution is 9.10. The van der Waals surface area contributed by atoms with Gasteiger partial charge in [0.25, 0.3) is 0 Å². The fraction of sp³-hybridized carbons (Fsp3) is 0.333. The van der Waals surface area contributed by atoms with Crippen LogP contribution >= 0.6 is 15.9 Å². The van der Waals surface area contributed by atoms with Gasteiger partial charge in [0.15, 0.2) is 0 Å². The Labute approximate surface area is 136 Å². The van der Waals surface area contributed by atoms with Gasteiger partial charge in [0.1, 0.15) is 0 Å². The summed E-state index contributed by atoms with van der Waals surface area (Å²) in [4.78, 5) is 2.39. The van der Waals surface area contributed by atoms with Gasteiger partial charge in [-0.1, -0.05) is 45.8 Å². The number of rotatable bonds is 6. The van der Waals surface area contributed by atoms with E-state index in [1.165, 1.54) is 26.9 Å². The van der Waals surface area contributed by atoms with Crippen molar-refractivity contribution < 1.29 is 0 Å². The minimum absolute atomic E-state index is 0.897. The molecule has 0 fully saturated rings.